The smallest absolute Gasteiger partial charge is 0.0597 e. The number of hydrogen-bond acceptors (Lipinski definition) is 3. The van der Waals surface area contributed by atoms with Crippen LogP contribution < -0.4 is 0 Å². The molecular weight excluding hydrogens is 286 g/mol. The molecule has 0 N–H and O–H groups in total. The summed E-state index contributed by atoms with van der Waals surface area (Å²) in [6.07, 6.45) is 14.2. The van der Waals surface area contributed by atoms with Crippen molar-refractivity contribution in [2.75, 3.05) is 32.8 Å². The average Bonchev–Trinajstić information content (AvgIpc) is 3.09. The van der Waals surface area contributed by atoms with E-state index in [1.165, 1.54) is 77.3 Å². The number of hydrogen-bond donors (Lipinski definition) is 0. The Morgan fingerprint density at radius 2 is 1.43 bits per heavy atom. The van der Waals surface area contributed by atoms with Gasteiger partial charge in [0, 0.05) is 6.54 Å². The average molecular weight is 324 g/mol. The second kappa shape index (κ2) is 9.39. The van der Waals surface area contributed by atoms with Gasteiger partial charge in [0.2, 0.25) is 0 Å². The van der Waals surface area contributed by atoms with Gasteiger partial charge in [0.1, 0.15) is 0 Å². The van der Waals surface area contributed by atoms with Crippen LogP contribution in [0.1, 0.15) is 71.1 Å². The lowest BCUT2D eigenvalue weighted by Crippen LogP contribution is -2.31. The van der Waals surface area contributed by atoms with Gasteiger partial charge >= 0.3 is 0 Å². The summed E-state index contributed by atoms with van der Waals surface area (Å²) in [5, 5.41) is 0. The Labute approximate surface area is 143 Å². The van der Waals surface area contributed by atoms with E-state index in [-0.39, 0.29) is 0 Å². The predicted octanol–water partition coefficient (Wildman–Crippen LogP) is 4.25. The highest BCUT2D eigenvalue weighted by Gasteiger charge is 2.26. The van der Waals surface area contributed by atoms with Crippen LogP contribution in [0, 0.1) is 11.8 Å². The normalized spacial score (nSPS) is 36.4. The molecule has 0 aromatic carbocycles. The molecule has 134 valence electrons. The van der Waals surface area contributed by atoms with Crippen molar-refractivity contribution in [3.05, 3.63) is 0 Å². The van der Waals surface area contributed by atoms with Crippen molar-refractivity contribution in [3.8, 4) is 0 Å². The number of likely N-dealkylation sites (tertiary alicyclic amines) is 1. The van der Waals surface area contributed by atoms with Gasteiger partial charge in [0.15, 0.2) is 0 Å². The molecule has 1 heterocycles. The van der Waals surface area contributed by atoms with Crippen LogP contribution in [-0.2, 0) is 9.47 Å². The Kier molecular flexibility index (Phi) is 7.22. The summed E-state index contributed by atoms with van der Waals surface area (Å²) in [6, 6.07) is 0. The van der Waals surface area contributed by atoms with E-state index in [2.05, 4.69) is 11.8 Å². The van der Waals surface area contributed by atoms with E-state index in [0.717, 1.165) is 31.6 Å². The Morgan fingerprint density at radius 3 is 2.13 bits per heavy atom. The van der Waals surface area contributed by atoms with Crippen molar-refractivity contribution in [1.29, 1.82) is 0 Å². The maximum absolute atomic E-state index is 6.26. The summed E-state index contributed by atoms with van der Waals surface area (Å²) >= 11 is 0. The second-order valence-corrected chi connectivity index (χ2v) is 8.17. The Morgan fingerprint density at radius 1 is 0.783 bits per heavy atom. The largest absolute Gasteiger partial charge is 0.378 e. The van der Waals surface area contributed by atoms with E-state index >= 15 is 0 Å². The second-order valence-electron chi connectivity index (χ2n) is 8.17. The van der Waals surface area contributed by atoms with Gasteiger partial charge in [0.05, 0.1) is 25.4 Å². The Hall–Kier alpha value is -0.120. The van der Waals surface area contributed by atoms with Crippen molar-refractivity contribution < 1.29 is 9.47 Å². The number of nitrogens with zero attached hydrogens (tertiary/aromatic N) is 1. The minimum atomic E-state index is 0.492. The highest BCUT2D eigenvalue weighted by atomic mass is 16.5. The minimum absolute atomic E-state index is 0.492. The minimum Gasteiger partial charge on any atom is -0.378 e. The maximum atomic E-state index is 6.26. The van der Waals surface area contributed by atoms with E-state index in [1.807, 2.05) is 0 Å². The van der Waals surface area contributed by atoms with Gasteiger partial charge in [-0.2, -0.15) is 0 Å². The highest BCUT2D eigenvalue weighted by molar-refractivity contribution is 4.76. The molecule has 0 aromatic heterocycles. The van der Waals surface area contributed by atoms with Gasteiger partial charge < -0.3 is 14.4 Å². The summed E-state index contributed by atoms with van der Waals surface area (Å²) in [4.78, 5) is 2.54. The zero-order valence-corrected chi connectivity index (χ0v) is 15.2. The van der Waals surface area contributed by atoms with Crippen LogP contribution >= 0.6 is 0 Å². The molecule has 2 unspecified atom stereocenters. The lowest BCUT2D eigenvalue weighted by atomic mass is 9.81. The SMILES string of the molecule is CC1CCCCC1COC1CCC(OCCN2CCCC2)CC1. The van der Waals surface area contributed by atoms with Crippen molar-refractivity contribution in [1.82, 2.24) is 4.90 Å². The lowest BCUT2D eigenvalue weighted by Gasteiger charge is -2.33. The molecular formula is C20H37NO2. The summed E-state index contributed by atoms with van der Waals surface area (Å²) in [6.45, 7) is 8.05. The van der Waals surface area contributed by atoms with Gasteiger partial charge in [0.25, 0.3) is 0 Å². The fourth-order valence-corrected chi connectivity index (χ4v) is 4.62. The van der Waals surface area contributed by atoms with Crippen LogP contribution in [0.4, 0.5) is 0 Å². The van der Waals surface area contributed by atoms with Crippen LogP contribution in [-0.4, -0.2) is 50.0 Å². The quantitative estimate of drug-likeness (QED) is 0.699. The zero-order valence-electron chi connectivity index (χ0n) is 15.2. The van der Waals surface area contributed by atoms with Crippen molar-refractivity contribution in [2.24, 2.45) is 11.8 Å². The predicted molar refractivity (Wildman–Crippen MR) is 94.7 cm³/mol. The molecule has 3 rings (SSSR count). The summed E-state index contributed by atoms with van der Waals surface area (Å²) in [5.41, 5.74) is 0. The molecule has 2 saturated carbocycles. The maximum Gasteiger partial charge on any atom is 0.0597 e. The first-order valence-corrected chi connectivity index (χ1v) is 10.3. The first-order chi connectivity index (χ1) is 11.3. The molecule has 3 aliphatic rings. The molecule has 1 aliphatic heterocycles. The Balaban J connectivity index is 1.25. The van der Waals surface area contributed by atoms with Crippen molar-refractivity contribution >= 4 is 0 Å². The molecule has 0 spiro atoms. The molecule has 3 heteroatoms. The van der Waals surface area contributed by atoms with Gasteiger partial charge in [-0.1, -0.05) is 26.2 Å². The standard InChI is InChI=1S/C20H37NO2/c1-17-6-2-3-7-18(17)16-23-20-10-8-19(9-11-20)22-15-14-21-12-4-5-13-21/h17-20H,2-16H2,1H3. The van der Waals surface area contributed by atoms with Crippen LogP contribution in [0.15, 0.2) is 0 Å². The third-order valence-electron chi connectivity index (χ3n) is 6.42. The fraction of sp³-hybridized carbons (Fsp3) is 1.00. The highest BCUT2D eigenvalue weighted by Crippen LogP contribution is 2.31. The molecule has 2 atom stereocenters. The molecule has 0 radical (unpaired) electrons. The molecule has 0 bridgehead atoms. The van der Waals surface area contributed by atoms with Gasteiger partial charge in [-0.15, -0.1) is 0 Å². The van der Waals surface area contributed by atoms with E-state index in [4.69, 9.17) is 9.47 Å². The van der Waals surface area contributed by atoms with E-state index in [9.17, 15) is 0 Å². The summed E-state index contributed by atoms with van der Waals surface area (Å²) in [7, 11) is 0. The van der Waals surface area contributed by atoms with Gasteiger partial charge in [-0.3, -0.25) is 0 Å². The number of ether oxygens (including phenoxy) is 2. The van der Waals surface area contributed by atoms with Gasteiger partial charge in [-0.25, -0.2) is 0 Å². The first-order valence-electron chi connectivity index (χ1n) is 10.3. The monoisotopic (exact) mass is 323 g/mol. The fourth-order valence-electron chi connectivity index (χ4n) is 4.62. The molecule has 1 saturated heterocycles. The first kappa shape index (κ1) is 17.7. The topological polar surface area (TPSA) is 21.7 Å². The molecule has 23 heavy (non-hydrogen) atoms. The van der Waals surface area contributed by atoms with E-state index in [1.54, 1.807) is 0 Å². The third-order valence-corrected chi connectivity index (χ3v) is 6.42. The van der Waals surface area contributed by atoms with Crippen LogP contribution in [0.2, 0.25) is 0 Å². The van der Waals surface area contributed by atoms with Gasteiger partial charge in [-0.05, 0) is 69.9 Å². The number of rotatable bonds is 7. The van der Waals surface area contributed by atoms with E-state index < -0.39 is 0 Å². The zero-order chi connectivity index (χ0) is 15.9. The van der Waals surface area contributed by atoms with Crippen LogP contribution in [0.25, 0.3) is 0 Å². The van der Waals surface area contributed by atoms with E-state index in [0.29, 0.717) is 12.2 Å². The van der Waals surface area contributed by atoms with Crippen LogP contribution in [0.5, 0.6) is 0 Å². The van der Waals surface area contributed by atoms with Crippen LogP contribution in [0.3, 0.4) is 0 Å². The molecule has 0 aromatic rings. The molecule has 0 amide bonds. The molecule has 2 aliphatic carbocycles. The van der Waals surface area contributed by atoms with Crippen molar-refractivity contribution in [3.63, 3.8) is 0 Å². The van der Waals surface area contributed by atoms with Crippen molar-refractivity contribution in [2.45, 2.75) is 83.3 Å². The Bertz CT molecular complexity index is 322. The summed E-state index contributed by atoms with van der Waals surface area (Å²) in [5.74, 6) is 1.69. The third kappa shape index (κ3) is 5.72. The molecule has 3 fully saturated rings. The molecule has 3 nitrogen and oxygen atoms in total. The summed E-state index contributed by atoms with van der Waals surface area (Å²) < 4.78 is 12.4. The lowest BCUT2D eigenvalue weighted by molar-refractivity contribution is -0.0496.